The van der Waals surface area contributed by atoms with Crippen molar-refractivity contribution in [3.8, 4) is 0 Å². The van der Waals surface area contributed by atoms with Gasteiger partial charge >= 0.3 is 0 Å². The molecular weight excluding hydrogens is 422 g/mol. The molecule has 32 heavy (non-hydrogen) atoms. The van der Waals surface area contributed by atoms with Crippen molar-refractivity contribution in [2.24, 2.45) is 0 Å². The number of carbonyl (C=O) groups is 1. The lowest BCUT2D eigenvalue weighted by Crippen LogP contribution is -2.49. The number of fused-ring (bicyclic) bond motifs is 1. The maximum Gasteiger partial charge on any atom is 0.262 e. The van der Waals surface area contributed by atoms with Gasteiger partial charge in [-0.2, -0.15) is 0 Å². The first kappa shape index (κ1) is 23.3. The predicted molar refractivity (Wildman–Crippen MR) is 129 cm³/mol. The van der Waals surface area contributed by atoms with E-state index in [-0.39, 0.29) is 18.1 Å². The van der Waals surface area contributed by atoms with Gasteiger partial charge in [0.05, 0.1) is 16.7 Å². The van der Waals surface area contributed by atoms with Crippen LogP contribution in [0.3, 0.4) is 0 Å². The Hall–Kier alpha value is -1.86. The Labute approximate surface area is 194 Å². The van der Waals surface area contributed by atoms with Crippen LogP contribution in [0, 0.1) is 0 Å². The molecule has 1 N–H and O–H groups in total. The Bertz CT molecular complexity index is 947. The fourth-order valence-electron chi connectivity index (χ4n) is 5.31. The van der Waals surface area contributed by atoms with Gasteiger partial charge in [-0.25, -0.2) is 4.98 Å². The smallest absolute Gasteiger partial charge is 0.262 e. The van der Waals surface area contributed by atoms with Crippen molar-refractivity contribution in [2.75, 3.05) is 12.4 Å². The summed E-state index contributed by atoms with van der Waals surface area (Å²) in [5, 5.41) is 10.4. The normalized spacial score (nSPS) is 18.2. The van der Waals surface area contributed by atoms with E-state index in [9.17, 15) is 14.7 Å². The lowest BCUT2D eigenvalue weighted by Gasteiger charge is -2.41. The van der Waals surface area contributed by atoms with Gasteiger partial charge in [-0.3, -0.25) is 14.2 Å². The number of rotatable bonds is 8. The standard InChI is InChI=1S/C25H35N3O3S/c29-17-9-16-27-24(31)21-14-7-8-15-22(21)26-25(27)32-18-23(30)28(19-10-3-1-4-11-19)20-12-5-2-6-13-20/h7-8,14-15,19-20,29H,1-6,9-13,16-18H2. The summed E-state index contributed by atoms with van der Waals surface area (Å²) in [6.45, 7) is 0.415. The van der Waals surface area contributed by atoms with E-state index in [2.05, 4.69) is 4.90 Å². The van der Waals surface area contributed by atoms with E-state index >= 15 is 0 Å². The monoisotopic (exact) mass is 457 g/mol. The largest absolute Gasteiger partial charge is 0.396 e. The molecule has 1 aromatic carbocycles. The molecule has 0 spiro atoms. The molecule has 2 saturated carbocycles. The van der Waals surface area contributed by atoms with Crippen molar-refractivity contribution in [1.29, 1.82) is 0 Å². The second-order valence-corrected chi connectivity index (χ2v) is 10.1. The van der Waals surface area contributed by atoms with Gasteiger partial charge < -0.3 is 10.0 Å². The Morgan fingerprint density at radius 3 is 2.28 bits per heavy atom. The number of para-hydroxylation sites is 1. The van der Waals surface area contributed by atoms with Crippen LogP contribution in [0.5, 0.6) is 0 Å². The van der Waals surface area contributed by atoms with Crippen LogP contribution in [0.1, 0.15) is 70.6 Å². The number of aromatic nitrogens is 2. The van der Waals surface area contributed by atoms with Crippen molar-refractivity contribution in [3.63, 3.8) is 0 Å². The van der Waals surface area contributed by atoms with E-state index in [0.717, 1.165) is 25.7 Å². The number of hydrogen-bond donors (Lipinski definition) is 1. The lowest BCUT2D eigenvalue weighted by molar-refractivity contribution is -0.135. The van der Waals surface area contributed by atoms with Crippen LogP contribution in [-0.2, 0) is 11.3 Å². The summed E-state index contributed by atoms with van der Waals surface area (Å²) in [4.78, 5) is 33.5. The molecule has 2 fully saturated rings. The molecule has 2 aliphatic rings. The average Bonchev–Trinajstić information content (AvgIpc) is 2.84. The number of amides is 1. The molecule has 0 unspecified atom stereocenters. The van der Waals surface area contributed by atoms with E-state index in [0.29, 0.717) is 46.9 Å². The zero-order valence-corrected chi connectivity index (χ0v) is 19.7. The Morgan fingerprint density at radius 1 is 1.03 bits per heavy atom. The van der Waals surface area contributed by atoms with Crippen molar-refractivity contribution in [3.05, 3.63) is 34.6 Å². The van der Waals surface area contributed by atoms with E-state index in [4.69, 9.17) is 4.98 Å². The van der Waals surface area contributed by atoms with Gasteiger partial charge in [0.2, 0.25) is 5.91 Å². The quantitative estimate of drug-likeness (QED) is 0.471. The zero-order valence-electron chi connectivity index (χ0n) is 18.9. The third-order valence-corrected chi connectivity index (χ3v) is 7.88. The molecule has 0 radical (unpaired) electrons. The van der Waals surface area contributed by atoms with Gasteiger partial charge in [0.15, 0.2) is 5.16 Å². The zero-order chi connectivity index (χ0) is 22.3. The van der Waals surface area contributed by atoms with Crippen LogP contribution >= 0.6 is 11.8 Å². The van der Waals surface area contributed by atoms with Gasteiger partial charge in [0.1, 0.15) is 0 Å². The highest BCUT2D eigenvalue weighted by Gasteiger charge is 2.32. The molecule has 1 heterocycles. The number of thioether (sulfide) groups is 1. The number of aliphatic hydroxyl groups is 1. The number of carbonyl (C=O) groups excluding carboxylic acids is 1. The molecule has 0 bridgehead atoms. The van der Waals surface area contributed by atoms with Crippen LogP contribution in [0.25, 0.3) is 10.9 Å². The van der Waals surface area contributed by atoms with Gasteiger partial charge in [0.25, 0.3) is 5.56 Å². The summed E-state index contributed by atoms with van der Waals surface area (Å²) in [6, 6.07) is 8.07. The molecule has 0 atom stereocenters. The number of aliphatic hydroxyl groups excluding tert-OH is 1. The summed E-state index contributed by atoms with van der Waals surface area (Å²) < 4.78 is 1.63. The van der Waals surface area contributed by atoms with Crippen molar-refractivity contribution in [1.82, 2.24) is 14.5 Å². The van der Waals surface area contributed by atoms with E-state index in [1.54, 1.807) is 10.6 Å². The van der Waals surface area contributed by atoms with Gasteiger partial charge in [-0.15, -0.1) is 0 Å². The fourth-order valence-corrected chi connectivity index (χ4v) is 6.20. The predicted octanol–water partition coefficient (Wildman–Crippen LogP) is 4.37. The first-order valence-electron chi connectivity index (χ1n) is 12.2. The molecule has 1 amide bonds. The molecule has 174 valence electrons. The van der Waals surface area contributed by atoms with Gasteiger partial charge in [-0.05, 0) is 44.2 Å². The minimum absolute atomic E-state index is 0.0133. The minimum atomic E-state index is -0.101. The highest BCUT2D eigenvalue weighted by atomic mass is 32.2. The number of nitrogens with zero attached hydrogens (tertiary/aromatic N) is 3. The summed E-state index contributed by atoms with van der Waals surface area (Å²) in [5.41, 5.74) is 0.555. The van der Waals surface area contributed by atoms with Crippen molar-refractivity contribution >= 4 is 28.6 Å². The van der Waals surface area contributed by atoms with Crippen LogP contribution in [0.2, 0.25) is 0 Å². The van der Waals surface area contributed by atoms with Crippen molar-refractivity contribution < 1.29 is 9.90 Å². The molecule has 4 rings (SSSR count). The number of benzene rings is 1. The molecule has 0 aliphatic heterocycles. The molecule has 6 nitrogen and oxygen atoms in total. The molecule has 1 aromatic heterocycles. The molecular formula is C25H35N3O3S. The second kappa shape index (κ2) is 11.3. The van der Waals surface area contributed by atoms with E-state index in [1.165, 1.54) is 50.3 Å². The second-order valence-electron chi connectivity index (χ2n) is 9.12. The maximum atomic E-state index is 13.5. The lowest BCUT2D eigenvalue weighted by atomic mass is 9.88. The summed E-state index contributed by atoms with van der Waals surface area (Å²) in [6.07, 6.45) is 12.3. The Kier molecular flexibility index (Phi) is 8.25. The third kappa shape index (κ3) is 5.37. The van der Waals surface area contributed by atoms with Gasteiger partial charge in [-0.1, -0.05) is 62.4 Å². The minimum Gasteiger partial charge on any atom is -0.396 e. The van der Waals surface area contributed by atoms with Crippen LogP contribution in [-0.4, -0.2) is 49.9 Å². The Balaban J connectivity index is 1.56. The number of hydrogen-bond acceptors (Lipinski definition) is 5. The first-order valence-corrected chi connectivity index (χ1v) is 13.2. The van der Waals surface area contributed by atoms with E-state index < -0.39 is 0 Å². The topological polar surface area (TPSA) is 75.4 Å². The van der Waals surface area contributed by atoms with Crippen molar-refractivity contribution in [2.45, 2.75) is 94.4 Å². The molecule has 2 aromatic rings. The third-order valence-electron chi connectivity index (χ3n) is 6.92. The molecule has 2 aliphatic carbocycles. The SMILES string of the molecule is O=C(CSc1nc2ccccc2c(=O)n1CCCO)N(C1CCCCC1)C1CCCCC1. The summed E-state index contributed by atoms with van der Waals surface area (Å²) >= 11 is 1.37. The molecule has 7 heteroatoms. The highest BCUT2D eigenvalue weighted by molar-refractivity contribution is 7.99. The summed E-state index contributed by atoms with van der Waals surface area (Å²) in [7, 11) is 0. The first-order chi connectivity index (χ1) is 15.7. The fraction of sp³-hybridized carbons (Fsp3) is 0.640. The molecule has 0 saturated heterocycles. The highest BCUT2D eigenvalue weighted by Crippen LogP contribution is 2.31. The van der Waals surface area contributed by atoms with E-state index in [1.807, 2.05) is 18.2 Å². The summed E-state index contributed by atoms with van der Waals surface area (Å²) in [5.74, 6) is 0.488. The van der Waals surface area contributed by atoms with Gasteiger partial charge in [0, 0.05) is 25.2 Å². The average molecular weight is 458 g/mol. The Morgan fingerprint density at radius 2 is 1.66 bits per heavy atom. The van der Waals surface area contributed by atoms with Crippen LogP contribution < -0.4 is 5.56 Å². The van der Waals surface area contributed by atoms with Crippen LogP contribution in [0.4, 0.5) is 0 Å². The van der Waals surface area contributed by atoms with Crippen LogP contribution in [0.15, 0.2) is 34.2 Å². The maximum absolute atomic E-state index is 13.5.